The van der Waals surface area contributed by atoms with E-state index in [1.165, 1.54) is 35.1 Å². The summed E-state index contributed by atoms with van der Waals surface area (Å²) < 4.78 is 34.7. The molecule has 3 aromatic carbocycles. The summed E-state index contributed by atoms with van der Waals surface area (Å²) in [6.45, 7) is 8.90. The molecule has 2 heterocycles. The van der Waals surface area contributed by atoms with Gasteiger partial charge in [-0.25, -0.2) is 13.4 Å². The van der Waals surface area contributed by atoms with Gasteiger partial charge >= 0.3 is 0 Å². The molecular formula is C29H33N5O4S2. The molecule has 40 heavy (non-hydrogen) atoms. The Bertz CT molecular complexity index is 1570. The Morgan fingerprint density at radius 1 is 0.975 bits per heavy atom. The molecule has 1 aliphatic rings. The van der Waals surface area contributed by atoms with Crippen LogP contribution in [0.1, 0.15) is 21.5 Å². The number of piperazine rings is 1. The number of nitrogens with one attached hydrogen (secondary N) is 2. The van der Waals surface area contributed by atoms with Crippen LogP contribution in [-0.2, 0) is 10.0 Å². The van der Waals surface area contributed by atoms with Crippen LogP contribution >= 0.6 is 11.3 Å². The predicted molar refractivity (Wildman–Crippen MR) is 160 cm³/mol. The number of aromatic nitrogens is 1. The van der Waals surface area contributed by atoms with Gasteiger partial charge in [0, 0.05) is 39.3 Å². The number of methoxy groups -OCH3 is 1. The van der Waals surface area contributed by atoms with E-state index in [-0.39, 0.29) is 22.1 Å². The molecule has 11 heteroatoms. The molecule has 0 radical (unpaired) electrons. The van der Waals surface area contributed by atoms with Crippen LogP contribution in [-0.4, -0.2) is 70.6 Å². The normalized spacial score (nSPS) is 14.3. The molecule has 9 nitrogen and oxygen atoms in total. The first-order valence-corrected chi connectivity index (χ1v) is 15.4. The Morgan fingerprint density at radius 3 is 2.38 bits per heavy atom. The summed E-state index contributed by atoms with van der Waals surface area (Å²) >= 11 is 1.76. The molecule has 1 amide bonds. The second-order valence-corrected chi connectivity index (χ2v) is 12.4. The summed E-state index contributed by atoms with van der Waals surface area (Å²) in [6.07, 6.45) is 0. The SMILES string of the molecule is COc1ccc(S(=O)(=O)Nc2ccccc2C(=O)NCCN2CCN(c3nc4c(C)ccc(C)c4s3)CC2)cc1. The number of hydrogen-bond acceptors (Lipinski definition) is 8. The van der Waals surface area contributed by atoms with E-state index in [9.17, 15) is 13.2 Å². The van der Waals surface area contributed by atoms with E-state index in [4.69, 9.17) is 9.72 Å². The summed E-state index contributed by atoms with van der Waals surface area (Å²) in [4.78, 5) is 22.6. The summed E-state index contributed by atoms with van der Waals surface area (Å²) in [7, 11) is -2.36. The van der Waals surface area contributed by atoms with E-state index in [1.807, 2.05) is 0 Å². The van der Waals surface area contributed by atoms with Gasteiger partial charge in [-0.15, -0.1) is 0 Å². The van der Waals surface area contributed by atoms with Crippen LogP contribution < -0.4 is 19.7 Å². The third kappa shape index (κ3) is 6.06. The molecule has 1 fully saturated rings. The highest BCUT2D eigenvalue weighted by molar-refractivity contribution is 7.92. The second-order valence-electron chi connectivity index (χ2n) is 9.78. The van der Waals surface area contributed by atoms with Crippen molar-refractivity contribution in [2.24, 2.45) is 0 Å². The first kappa shape index (κ1) is 27.9. The zero-order chi connectivity index (χ0) is 28.3. The number of benzene rings is 3. The number of para-hydroxylation sites is 1. The summed E-state index contributed by atoms with van der Waals surface area (Å²) in [5.41, 5.74) is 4.05. The number of ether oxygens (including phenoxy) is 1. The maximum Gasteiger partial charge on any atom is 0.261 e. The van der Waals surface area contributed by atoms with Crippen molar-refractivity contribution in [3.05, 3.63) is 77.4 Å². The number of carbonyl (C=O) groups is 1. The van der Waals surface area contributed by atoms with Crippen LogP contribution in [0.5, 0.6) is 5.75 Å². The molecule has 4 aromatic rings. The maximum absolute atomic E-state index is 13.0. The molecule has 2 N–H and O–H groups in total. The van der Waals surface area contributed by atoms with Gasteiger partial charge in [0.2, 0.25) is 0 Å². The molecule has 210 valence electrons. The van der Waals surface area contributed by atoms with E-state index >= 15 is 0 Å². The van der Waals surface area contributed by atoms with Crippen LogP contribution in [0, 0.1) is 13.8 Å². The van der Waals surface area contributed by atoms with Crippen molar-refractivity contribution in [3.8, 4) is 5.75 Å². The van der Waals surface area contributed by atoms with Gasteiger partial charge in [-0.2, -0.15) is 0 Å². The molecule has 1 saturated heterocycles. The molecule has 0 spiro atoms. The lowest BCUT2D eigenvalue weighted by Crippen LogP contribution is -2.48. The minimum absolute atomic E-state index is 0.0822. The van der Waals surface area contributed by atoms with Gasteiger partial charge < -0.3 is 15.0 Å². The quantitative estimate of drug-likeness (QED) is 0.305. The number of hydrogen-bond donors (Lipinski definition) is 2. The second kappa shape index (κ2) is 11.8. The topological polar surface area (TPSA) is 104 Å². The van der Waals surface area contributed by atoms with Crippen LogP contribution in [0.15, 0.2) is 65.6 Å². The van der Waals surface area contributed by atoms with Crippen molar-refractivity contribution >= 4 is 48.3 Å². The Morgan fingerprint density at radius 2 is 1.68 bits per heavy atom. The van der Waals surface area contributed by atoms with Gasteiger partial charge in [0.05, 0.1) is 33.5 Å². The van der Waals surface area contributed by atoms with Crippen molar-refractivity contribution < 1.29 is 17.9 Å². The molecular weight excluding hydrogens is 546 g/mol. The first-order valence-electron chi connectivity index (χ1n) is 13.1. The van der Waals surface area contributed by atoms with Gasteiger partial charge in [0.25, 0.3) is 15.9 Å². The third-order valence-electron chi connectivity index (χ3n) is 7.07. The number of amides is 1. The number of nitrogens with zero attached hydrogens (tertiary/aromatic N) is 3. The molecule has 0 atom stereocenters. The lowest BCUT2D eigenvalue weighted by molar-refractivity contribution is 0.0948. The summed E-state index contributed by atoms with van der Waals surface area (Å²) in [5.74, 6) is 0.231. The van der Waals surface area contributed by atoms with Crippen LogP contribution in [0.4, 0.5) is 10.8 Å². The number of carbonyl (C=O) groups excluding carboxylic acids is 1. The van der Waals surface area contributed by atoms with Crippen molar-refractivity contribution in [3.63, 3.8) is 0 Å². The van der Waals surface area contributed by atoms with Gasteiger partial charge in [0.1, 0.15) is 5.75 Å². The molecule has 1 aromatic heterocycles. The Hall–Kier alpha value is -3.67. The highest BCUT2D eigenvalue weighted by Gasteiger charge is 2.22. The Balaban J connectivity index is 1.14. The van der Waals surface area contributed by atoms with Gasteiger partial charge in [-0.3, -0.25) is 14.4 Å². The minimum atomic E-state index is -3.88. The lowest BCUT2D eigenvalue weighted by atomic mass is 10.1. The van der Waals surface area contributed by atoms with Crippen molar-refractivity contribution in [1.82, 2.24) is 15.2 Å². The standard InChI is InChI=1S/C29H33N5O4S2/c1-20-8-9-21(2)27-26(20)31-29(39-27)34-18-16-33(17-19-34)15-14-30-28(35)24-6-4-5-7-25(24)32-40(36,37)23-12-10-22(38-3)11-13-23/h4-13,32H,14-19H2,1-3H3,(H,30,35). The monoisotopic (exact) mass is 579 g/mol. The zero-order valence-electron chi connectivity index (χ0n) is 22.8. The third-order valence-corrected chi connectivity index (χ3v) is 9.71. The summed E-state index contributed by atoms with van der Waals surface area (Å²) in [6, 6.07) is 17.0. The largest absolute Gasteiger partial charge is 0.497 e. The van der Waals surface area contributed by atoms with Crippen molar-refractivity contribution in [1.29, 1.82) is 0 Å². The highest BCUT2D eigenvalue weighted by Crippen LogP contribution is 2.33. The van der Waals surface area contributed by atoms with Crippen molar-refractivity contribution in [2.75, 3.05) is 56.0 Å². The van der Waals surface area contributed by atoms with Crippen LogP contribution in [0.25, 0.3) is 10.2 Å². The van der Waals surface area contributed by atoms with E-state index in [2.05, 4.69) is 45.8 Å². The highest BCUT2D eigenvalue weighted by atomic mass is 32.2. The maximum atomic E-state index is 13.0. The predicted octanol–water partition coefficient (Wildman–Crippen LogP) is 4.27. The number of fused-ring (bicyclic) bond motifs is 1. The molecule has 0 unspecified atom stereocenters. The van der Waals surface area contributed by atoms with Gasteiger partial charge in [0.15, 0.2) is 5.13 Å². The molecule has 0 bridgehead atoms. The number of sulfonamides is 1. The zero-order valence-corrected chi connectivity index (χ0v) is 24.4. The van der Waals surface area contributed by atoms with E-state index in [0.717, 1.165) is 36.8 Å². The lowest BCUT2D eigenvalue weighted by Gasteiger charge is -2.34. The van der Waals surface area contributed by atoms with E-state index < -0.39 is 10.0 Å². The summed E-state index contributed by atoms with van der Waals surface area (Å²) in [5, 5.41) is 4.01. The molecule has 0 aliphatic carbocycles. The van der Waals surface area contributed by atoms with Crippen molar-refractivity contribution in [2.45, 2.75) is 18.7 Å². The van der Waals surface area contributed by atoms with Gasteiger partial charge in [-0.05, 0) is 61.4 Å². The number of rotatable bonds is 9. The fourth-order valence-electron chi connectivity index (χ4n) is 4.70. The average Bonchev–Trinajstić information content (AvgIpc) is 3.43. The molecule has 0 saturated carbocycles. The molecule has 1 aliphatic heterocycles. The fraction of sp³-hybridized carbons (Fsp3) is 0.310. The van der Waals surface area contributed by atoms with Gasteiger partial charge in [-0.1, -0.05) is 35.6 Å². The van der Waals surface area contributed by atoms with E-state index in [1.54, 1.807) is 47.7 Å². The number of anilines is 2. The number of aryl methyl sites for hydroxylation is 2. The van der Waals surface area contributed by atoms with Crippen LogP contribution in [0.2, 0.25) is 0 Å². The first-order chi connectivity index (χ1) is 19.2. The Kier molecular flexibility index (Phi) is 8.24. The Labute approximate surface area is 238 Å². The average molecular weight is 580 g/mol. The van der Waals surface area contributed by atoms with Crippen LogP contribution in [0.3, 0.4) is 0 Å². The van der Waals surface area contributed by atoms with E-state index in [0.29, 0.717) is 18.8 Å². The smallest absolute Gasteiger partial charge is 0.261 e. The minimum Gasteiger partial charge on any atom is -0.497 e. The fourth-order valence-corrected chi connectivity index (χ4v) is 6.94. The number of thiazole rings is 1. The molecule has 5 rings (SSSR count).